The molecule has 2 aliphatic rings. The Hall–Kier alpha value is -2.72. The van der Waals surface area contributed by atoms with Gasteiger partial charge in [-0.25, -0.2) is 18.4 Å². The molecule has 0 aliphatic carbocycles. The molecule has 0 saturated carbocycles. The van der Waals surface area contributed by atoms with Crippen LogP contribution in [-0.2, 0) is 14.8 Å². The zero-order chi connectivity index (χ0) is 23.2. The fourth-order valence-corrected chi connectivity index (χ4v) is 6.57. The SMILES string of the molecule is Cc1ccc(NS(C)(=O)=O)cc1NC(=O)CC1CC2CCC(C1)N2c1ncnc2sccc12. The lowest BCUT2D eigenvalue weighted by Gasteiger charge is -2.40. The molecular formula is C23H27N5O3S2. The molecule has 174 valence electrons. The molecule has 1 aromatic carbocycles. The molecule has 2 saturated heterocycles. The second-order valence-electron chi connectivity index (χ2n) is 9.12. The first-order valence-corrected chi connectivity index (χ1v) is 13.9. The molecule has 2 fully saturated rings. The summed E-state index contributed by atoms with van der Waals surface area (Å²) in [6.45, 7) is 1.89. The summed E-state index contributed by atoms with van der Waals surface area (Å²) in [6.07, 6.45) is 7.40. The Bertz CT molecular complexity index is 1290. The summed E-state index contributed by atoms with van der Waals surface area (Å²) in [5, 5.41) is 6.17. The van der Waals surface area contributed by atoms with E-state index in [1.54, 1.807) is 35.9 Å². The smallest absolute Gasteiger partial charge is 0.229 e. The molecule has 0 spiro atoms. The number of aromatic nitrogens is 2. The van der Waals surface area contributed by atoms with Crippen molar-refractivity contribution >= 4 is 54.7 Å². The van der Waals surface area contributed by atoms with Crippen molar-refractivity contribution in [2.24, 2.45) is 5.92 Å². The number of piperidine rings is 1. The minimum absolute atomic E-state index is 0.0327. The third-order valence-corrected chi connectivity index (χ3v) is 8.03. The van der Waals surface area contributed by atoms with Crippen molar-refractivity contribution in [1.82, 2.24) is 9.97 Å². The Morgan fingerprint density at radius 3 is 2.67 bits per heavy atom. The van der Waals surface area contributed by atoms with Gasteiger partial charge < -0.3 is 10.2 Å². The Labute approximate surface area is 197 Å². The topological polar surface area (TPSA) is 104 Å². The number of nitrogens with zero attached hydrogens (tertiary/aromatic N) is 3. The zero-order valence-electron chi connectivity index (χ0n) is 18.6. The number of fused-ring (bicyclic) bond motifs is 3. The number of thiophene rings is 1. The van der Waals surface area contributed by atoms with Crippen LogP contribution in [0.2, 0.25) is 0 Å². The molecule has 2 aromatic heterocycles. The van der Waals surface area contributed by atoms with Crippen molar-refractivity contribution in [2.75, 3.05) is 21.2 Å². The fraction of sp³-hybridized carbons (Fsp3) is 0.435. The Balaban J connectivity index is 1.26. The van der Waals surface area contributed by atoms with Gasteiger partial charge in [-0.2, -0.15) is 0 Å². The van der Waals surface area contributed by atoms with Crippen molar-refractivity contribution in [3.05, 3.63) is 41.5 Å². The Kier molecular flexibility index (Phi) is 5.74. The maximum absolute atomic E-state index is 12.9. The van der Waals surface area contributed by atoms with Gasteiger partial charge in [0.05, 0.1) is 17.3 Å². The van der Waals surface area contributed by atoms with Gasteiger partial charge in [-0.15, -0.1) is 11.3 Å². The molecule has 2 N–H and O–H groups in total. The van der Waals surface area contributed by atoms with Gasteiger partial charge in [0.25, 0.3) is 0 Å². The molecule has 1 amide bonds. The molecule has 2 unspecified atom stereocenters. The van der Waals surface area contributed by atoms with Gasteiger partial charge in [-0.1, -0.05) is 6.07 Å². The first-order valence-electron chi connectivity index (χ1n) is 11.1. The van der Waals surface area contributed by atoms with Gasteiger partial charge in [0, 0.05) is 24.2 Å². The molecule has 10 heteroatoms. The number of sulfonamides is 1. The number of hydrogen-bond acceptors (Lipinski definition) is 7. The number of hydrogen-bond donors (Lipinski definition) is 2. The molecule has 5 rings (SSSR count). The molecule has 0 radical (unpaired) electrons. The minimum atomic E-state index is -3.38. The number of amides is 1. The second kappa shape index (κ2) is 8.57. The molecule has 4 heterocycles. The lowest BCUT2D eigenvalue weighted by molar-refractivity contribution is -0.117. The van der Waals surface area contributed by atoms with E-state index in [4.69, 9.17) is 0 Å². The Morgan fingerprint density at radius 2 is 1.94 bits per heavy atom. The lowest BCUT2D eigenvalue weighted by atomic mass is 9.87. The zero-order valence-corrected chi connectivity index (χ0v) is 20.2. The third-order valence-electron chi connectivity index (χ3n) is 6.60. The number of nitrogens with one attached hydrogen (secondary N) is 2. The average Bonchev–Trinajstić information content (AvgIpc) is 3.32. The van der Waals surface area contributed by atoms with Crippen LogP contribution in [0.15, 0.2) is 36.0 Å². The van der Waals surface area contributed by atoms with Crippen molar-refractivity contribution in [1.29, 1.82) is 0 Å². The summed E-state index contributed by atoms with van der Waals surface area (Å²) < 4.78 is 25.5. The van der Waals surface area contributed by atoms with E-state index >= 15 is 0 Å². The van der Waals surface area contributed by atoms with Crippen LogP contribution in [-0.4, -0.2) is 42.6 Å². The van der Waals surface area contributed by atoms with Crippen molar-refractivity contribution in [3.8, 4) is 0 Å². The van der Waals surface area contributed by atoms with Gasteiger partial charge in [0.15, 0.2) is 0 Å². The predicted octanol–water partition coefficient (Wildman–Crippen LogP) is 4.15. The molecule has 2 atom stereocenters. The van der Waals surface area contributed by atoms with E-state index in [2.05, 4.69) is 36.4 Å². The van der Waals surface area contributed by atoms with Crippen LogP contribution in [0.5, 0.6) is 0 Å². The van der Waals surface area contributed by atoms with E-state index < -0.39 is 10.0 Å². The van der Waals surface area contributed by atoms with Gasteiger partial charge in [0.1, 0.15) is 17.0 Å². The van der Waals surface area contributed by atoms with Gasteiger partial charge in [-0.05, 0) is 67.7 Å². The highest BCUT2D eigenvalue weighted by molar-refractivity contribution is 7.92. The summed E-state index contributed by atoms with van der Waals surface area (Å²) >= 11 is 1.63. The highest BCUT2D eigenvalue weighted by atomic mass is 32.2. The number of anilines is 3. The second-order valence-corrected chi connectivity index (χ2v) is 11.8. The first kappa shape index (κ1) is 22.1. The van der Waals surface area contributed by atoms with Crippen LogP contribution in [0.25, 0.3) is 10.2 Å². The summed E-state index contributed by atoms with van der Waals surface area (Å²) in [5.74, 6) is 1.31. The molecular weight excluding hydrogens is 458 g/mol. The quantitative estimate of drug-likeness (QED) is 0.544. The average molecular weight is 486 g/mol. The summed E-state index contributed by atoms with van der Waals surface area (Å²) in [4.78, 5) is 25.4. The van der Waals surface area contributed by atoms with Crippen molar-refractivity contribution in [3.63, 3.8) is 0 Å². The van der Waals surface area contributed by atoms with Crippen molar-refractivity contribution < 1.29 is 13.2 Å². The van der Waals surface area contributed by atoms with Gasteiger partial charge >= 0.3 is 0 Å². The molecule has 3 aromatic rings. The van der Waals surface area contributed by atoms with Crippen LogP contribution in [0.4, 0.5) is 17.2 Å². The molecule has 2 aliphatic heterocycles. The van der Waals surface area contributed by atoms with Crippen LogP contribution in [0.1, 0.15) is 37.7 Å². The van der Waals surface area contributed by atoms with Crippen LogP contribution >= 0.6 is 11.3 Å². The molecule has 33 heavy (non-hydrogen) atoms. The number of rotatable bonds is 6. The largest absolute Gasteiger partial charge is 0.350 e. The summed E-state index contributed by atoms with van der Waals surface area (Å²) in [5.41, 5.74) is 1.96. The van der Waals surface area contributed by atoms with E-state index in [0.717, 1.165) is 53.5 Å². The minimum Gasteiger partial charge on any atom is -0.350 e. The van der Waals surface area contributed by atoms with Crippen LogP contribution in [0, 0.1) is 12.8 Å². The van der Waals surface area contributed by atoms with E-state index in [1.807, 2.05) is 6.92 Å². The maximum atomic E-state index is 12.9. The molecule has 2 bridgehead atoms. The fourth-order valence-electron chi connectivity index (χ4n) is 5.28. The highest BCUT2D eigenvalue weighted by Crippen LogP contribution is 2.44. The van der Waals surface area contributed by atoms with Gasteiger partial charge in [0.2, 0.25) is 15.9 Å². The van der Waals surface area contributed by atoms with E-state index in [-0.39, 0.29) is 5.91 Å². The normalized spacial score (nSPS) is 22.5. The number of carbonyl (C=O) groups excluding carboxylic acids is 1. The molecule has 8 nitrogen and oxygen atoms in total. The van der Waals surface area contributed by atoms with Crippen molar-refractivity contribution in [2.45, 2.75) is 51.1 Å². The Morgan fingerprint density at radius 1 is 1.18 bits per heavy atom. The van der Waals surface area contributed by atoms with E-state index in [1.165, 1.54) is 0 Å². The van der Waals surface area contributed by atoms with Crippen LogP contribution in [0.3, 0.4) is 0 Å². The lowest BCUT2D eigenvalue weighted by Crippen LogP contribution is -2.44. The standard InChI is InChI=1S/C23H27N5O3S2/c1-14-3-4-16(27-33(2,30)31)12-20(14)26-21(29)11-15-9-17-5-6-18(10-15)28(17)22-19-7-8-32-23(19)25-13-24-22/h3-4,7-8,12-13,15,17-18,27H,5-6,9-11H2,1-2H3,(H,26,29). The number of aryl methyl sites for hydroxylation is 1. The predicted molar refractivity (Wildman–Crippen MR) is 132 cm³/mol. The van der Waals surface area contributed by atoms with Crippen LogP contribution < -0.4 is 14.9 Å². The monoisotopic (exact) mass is 485 g/mol. The van der Waals surface area contributed by atoms with Gasteiger partial charge in [-0.3, -0.25) is 9.52 Å². The summed E-state index contributed by atoms with van der Waals surface area (Å²) in [6, 6.07) is 8.05. The third kappa shape index (κ3) is 4.67. The first-order chi connectivity index (χ1) is 15.8. The number of carbonyl (C=O) groups is 1. The van der Waals surface area contributed by atoms with E-state index in [9.17, 15) is 13.2 Å². The number of benzene rings is 1. The summed E-state index contributed by atoms with van der Waals surface area (Å²) in [7, 11) is -3.38. The van der Waals surface area contributed by atoms with E-state index in [0.29, 0.717) is 35.8 Å². The highest BCUT2D eigenvalue weighted by Gasteiger charge is 2.42. The maximum Gasteiger partial charge on any atom is 0.229 e.